The van der Waals surface area contributed by atoms with Crippen LogP contribution < -0.4 is 9.80 Å². The zero-order chi connectivity index (χ0) is 22.0. The van der Waals surface area contributed by atoms with Crippen LogP contribution in [0, 0.1) is 5.41 Å². The van der Waals surface area contributed by atoms with E-state index in [0.717, 1.165) is 18.4 Å². The van der Waals surface area contributed by atoms with Gasteiger partial charge in [0.15, 0.2) is 5.54 Å². The van der Waals surface area contributed by atoms with E-state index in [4.69, 9.17) is 4.74 Å². The molecule has 0 aromatic heterocycles. The number of likely N-dealkylation sites (N-methyl/N-ethyl adjacent to an activating group) is 1. The van der Waals surface area contributed by atoms with Gasteiger partial charge >= 0.3 is 5.97 Å². The lowest BCUT2D eigenvalue weighted by molar-refractivity contribution is -0.167. The van der Waals surface area contributed by atoms with E-state index in [0.29, 0.717) is 29.9 Å². The molecular formula is C25H23N3O4. The number of nitrogens with zero attached hydrogens (tertiary/aromatic N) is 3. The van der Waals surface area contributed by atoms with Gasteiger partial charge in [-0.3, -0.25) is 14.5 Å². The number of hydrogen-bond donors (Lipinski definition) is 0. The molecule has 0 N–H and O–H groups in total. The molecule has 0 bridgehead atoms. The minimum Gasteiger partial charge on any atom is -0.441 e. The zero-order valence-corrected chi connectivity index (χ0v) is 18.0. The fourth-order valence-corrected chi connectivity index (χ4v) is 7.62. The molecule has 1 spiro atoms. The van der Waals surface area contributed by atoms with Gasteiger partial charge in [-0.05, 0) is 37.9 Å². The van der Waals surface area contributed by atoms with Gasteiger partial charge in [0.2, 0.25) is 11.5 Å². The minimum absolute atomic E-state index is 0.0501. The van der Waals surface area contributed by atoms with E-state index >= 15 is 0 Å². The number of para-hydroxylation sites is 2. The number of ether oxygens (including phenoxy) is 1. The summed E-state index contributed by atoms with van der Waals surface area (Å²) in [5.41, 5.74) is -1.54. The lowest BCUT2D eigenvalue weighted by atomic mass is 9.55. The third-order valence-corrected chi connectivity index (χ3v) is 8.69. The maximum Gasteiger partial charge on any atom is 0.334 e. The van der Waals surface area contributed by atoms with E-state index in [-0.39, 0.29) is 17.9 Å². The summed E-state index contributed by atoms with van der Waals surface area (Å²) in [5, 5.41) is 0. The number of fused-ring (bicyclic) bond motifs is 4. The second-order valence-electron chi connectivity index (χ2n) is 9.64. The van der Waals surface area contributed by atoms with Crippen molar-refractivity contribution in [2.75, 3.05) is 30.4 Å². The standard InChI is InChI=1S/C25H23N3O4/c1-26-18-11-5-3-9-16(18)24-22(31)32-25(17-10-4-6-12-19(17)27(2)21(25)30)23(24,20(26)29)14-15-8-7-13-28(15)24/h3-6,9-12,15H,7-8,13-14H2,1-2H3/t15?,23-,24+,25-/m1/s1. The highest BCUT2D eigenvalue weighted by Gasteiger charge is 2.90. The number of esters is 1. The molecule has 162 valence electrons. The Morgan fingerprint density at radius 1 is 0.875 bits per heavy atom. The summed E-state index contributed by atoms with van der Waals surface area (Å²) in [4.78, 5) is 48.1. The van der Waals surface area contributed by atoms with Crippen molar-refractivity contribution in [1.29, 1.82) is 0 Å². The van der Waals surface area contributed by atoms with Gasteiger partial charge in [-0.2, -0.15) is 0 Å². The number of carbonyl (C=O) groups excluding carboxylic acids is 3. The molecule has 5 aliphatic heterocycles. The largest absolute Gasteiger partial charge is 0.441 e. The molecule has 7 nitrogen and oxygen atoms in total. The van der Waals surface area contributed by atoms with Crippen LogP contribution in [0.5, 0.6) is 0 Å². The molecule has 7 heteroatoms. The average Bonchev–Trinajstić information content (AvgIpc) is 3.49. The van der Waals surface area contributed by atoms with Crippen molar-refractivity contribution in [2.45, 2.75) is 36.4 Å². The Morgan fingerprint density at radius 2 is 1.50 bits per heavy atom. The first kappa shape index (κ1) is 18.4. The number of carbonyl (C=O) groups is 3. The van der Waals surface area contributed by atoms with Crippen molar-refractivity contribution in [3.63, 3.8) is 0 Å². The molecule has 0 radical (unpaired) electrons. The molecule has 2 aromatic carbocycles. The first-order valence-corrected chi connectivity index (χ1v) is 11.2. The van der Waals surface area contributed by atoms with E-state index in [1.165, 1.54) is 0 Å². The van der Waals surface area contributed by atoms with E-state index in [1.54, 1.807) is 23.9 Å². The highest BCUT2D eigenvalue weighted by atomic mass is 16.6. The van der Waals surface area contributed by atoms with Crippen molar-refractivity contribution >= 4 is 29.2 Å². The van der Waals surface area contributed by atoms with Gasteiger partial charge in [-0.25, -0.2) is 4.79 Å². The number of benzene rings is 2. The Morgan fingerprint density at radius 3 is 2.25 bits per heavy atom. The maximum absolute atomic E-state index is 14.5. The molecular weight excluding hydrogens is 406 g/mol. The van der Waals surface area contributed by atoms with Crippen LogP contribution in [0.2, 0.25) is 0 Å². The van der Waals surface area contributed by atoms with Crippen LogP contribution in [0.1, 0.15) is 30.4 Å². The number of anilines is 2. The van der Waals surface area contributed by atoms with Gasteiger partial charge in [0.1, 0.15) is 5.41 Å². The van der Waals surface area contributed by atoms with Gasteiger partial charge in [-0.15, -0.1) is 0 Å². The fraction of sp³-hybridized carbons (Fsp3) is 0.400. The van der Waals surface area contributed by atoms with Gasteiger partial charge in [0.25, 0.3) is 5.91 Å². The molecule has 1 unspecified atom stereocenters. The van der Waals surface area contributed by atoms with Gasteiger partial charge in [0, 0.05) is 37.0 Å². The van der Waals surface area contributed by atoms with Crippen molar-refractivity contribution in [3.05, 3.63) is 59.7 Å². The normalized spacial score (nSPS) is 36.8. The van der Waals surface area contributed by atoms with Crippen LogP contribution in [0.25, 0.3) is 0 Å². The molecule has 2 aromatic rings. The van der Waals surface area contributed by atoms with Crippen LogP contribution in [0.3, 0.4) is 0 Å². The minimum atomic E-state index is -1.67. The first-order chi connectivity index (χ1) is 15.4. The van der Waals surface area contributed by atoms with Crippen molar-refractivity contribution in [2.24, 2.45) is 5.41 Å². The van der Waals surface area contributed by atoms with Gasteiger partial charge in [0.05, 0.1) is 5.69 Å². The summed E-state index contributed by atoms with van der Waals surface area (Å²) in [6.45, 7) is 0.703. The topological polar surface area (TPSA) is 70.2 Å². The molecule has 7 rings (SSSR count). The molecule has 0 aliphatic carbocycles. The second kappa shape index (κ2) is 5.41. The fourth-order valence-electron chi connectivity index (χ4n) is 7.62. The lowest BCUT2D eigenvalue weighted by Crippen LogP contribution is -2.67. The Balaban J connectivity index is 1.66. The van der Waals surface area contributed by atoms with E-state index in [1.807, 2.05) is 48.5 Å². The summed E-state index contributed by atoms with van der Waals surface area (Å²) in [7, 11) is 3.44. The Hall–Kier alpha value is -3.19. The van der Waals surface area contributed by atoms with Crippen molar-refractivity contribution in [1.82, 2.24) is 4.90 Å². The number of rotatable bonds is 0. The maximum atomic E-state index is 14.5. The average molecular weight is 429 g/mol. The first-order valence-electron chi connectivity index (χ1n) is 11.2. The highest BCUT2D eigenvalue weighted by Crippen LogP contribution is 2.74. The zero-order valence-electron chi connectivity index (χ0n) is 18.0. The molecule has 3 fully saturated rings. The summed E-state index contributed by atoms with van der Waals surface area (Å²) in [5.74, 6) is -1.03. The second-order valence-corrected chi connectivity index (χ2v) is 9.64. The summed E-state index contributed by atoms with van der Waals surface area (Å²) in [6, 6.07) is 15.0. The van der Waals surface area contributed by atoms with Crippen LogP contribution in [0.4, 0.5) is 11.4 Å². The third-order valence-electron chi connectivity index (χ3n) is 8.69. The van der Waals surface area contributed by atoms with E-state index in [2.05, 4.69) is 4.90 Å². The summed E-state index contributed by atoms with van der Waals surface area (Å²) >= 11 is 0. The van der Waals surface area contributed by atoms with Gasteiger partial charge < -0.3 is 14.5 Å². The lowest BCUT2D eigenvalue weighted by Gasteiger charge is -2.50. The predicted octanol–water partition coefficient (Wildman–Crippen LogP) is 2.14. The number of hydrogen-bond acceptors (Lipinski definition) is 5. The SMILES string of the molecule is CN1C(=O)[C@]23CC4CCCN4[C@]2(C(=O)O[C@]32C(=O)N(C)c3ccccc32)c2ccccc21. The predicted molar refractivity (Wildman–Crippen MR) is 116 cm³/mol. The van der Waals surface area contributed by atoms with Crippen LogP contribution in [0.15, 0.2) is 48.5 Å². The van der Waals surface area contributed by atoms with Crippen molar-refractivity contribution < 1.29 is 19.1 Å². The Labute approximate surface area is 185 Å². The quantitative estimate of drug-likeness (QED) is 0.600. The van der Waals surface area contributed by atoms with Crippen LogP contribution in [-0.2, 0) is 30.3 Å². The number of amides is 2. The Kier molecular flexibility index (Phi) is 3.11. The third kappa shape index (κ3) is 1.51. The summed E-state index contributed by atoms with van der Waals surface area (Å²) in [6.07, 6.45) is 2.28. The smallest absolute Gasteiger partial charge is 0.334 e. The van der Waals surface area contributed by atoms with Gasteiger partial charge in [-0.1, -0.05) is 36.4 Å². The van der Waals surface area contributed by atoms with E-state index < -0.39 is 22.5 Å². The highest BCUT2D eigenvalue weighted by molar-refractivity contribution is 6.20. The van der Waals surface area contributed by atoms with Crippen LogP contribution >= 0.6 is 0 Å². The molecule has 3 saturated heterocycles. The molecule has 32 heavy (non-hydrogen) atoms. The monoisotopic (exact) mass is 429 g/mol. The Bertz CT molecular complexity index is 1260. The molecule has 5 aliphatic rings. The van der Waals surface area contributed by atoms with Crippen LogP contribution in [-0.4, -0.2) is 49.4 Å². The molecule has 4 atom stereocenters. The summed E-state index contributed by atoms with van der Waals surface area (Å²) < 4.78 is 6.28. The van der Waals surface area contributed by atoms with E-state index in [9.17, 15) is 14.4 Å². The molecule has 5 heterocycles. The molecule has 0 saturated carbocycles. The van der Waals surface area contributed by atoms with Crippen molar-refractivity contribution in [3.8, 4) is 0 Å². The molecule has 2 amide bonds.